The van der Waals surface area contributed by atoms with Crippen LogP contribution in [0.15, 0.2) is 12.0 Å². The van der Waals surface area contributed by atoms with Crippen molar-refractivity contribution in [1.82, 2.24) is 5.48 Å². The first-order valence-electron chi connectivity index (χ1n) is 5.72. The Morgan fingerprint density at radius 3 is 2.30 bits per heavy atom. The number of hydroxylamine groups is 1. The lowest BCUT2D eigenvalue weighted by atomic mass is 10.2. The molecule has 0 aliphatic carbocycles. The molecule has 5 nitrogen and oxygen atoms in total. The monoisotopic (exact) mass is 393 g/mol. The molecule has 1 aromatic carbocycles. The van der Waals surface area contributed by atoms with E-state index < -0.39 is 34.6 Å². The van der Waals surface area contributed by atoms with E-state index in [0.717, 1.165) is 23.4 Å². The van der Waals surface area contributed by atoms with Crippen molar-refractivity contribution in [3.63, 3.8) is 0 Å². The van der Waals surface area contributed by atoms with Gasteiger partial charge < -0.3 is 9.92 Å². The minimum absolute atomic E-state index is 0. The third kappa shape index (κ3) is 5.97. The molecule has 0 fully saturated rings. The van der Waals surface area contributed by atoms with E-state index >= 15 is 0 Å². The maximum Gasteiger partial charge on any atom is 0.188 e. The zero-order valence-corrected chi connectivity index (χ0v) is 14.5. The average molecular weight is 393 g/mol. The van der Waals surface area contributed by atoms with Gasteiger partial charge in [-0.15, -0.1) is 0 Å². The highest BCUT2D eigenvalue weighted by atomic mass is 32.2. The molecule has 0 aliphatic heterocycles. The molecule has 0 heterocycles. The summed E-state index contributed by atoms with van der Waals surface area (Å²) in [6.07, 6.45) is 0. The number of nitrogens with two attached hydrogens (primary N) is 1. The van der Waals surface area contributed by atoms with E-state index in [4.69, 9.17) is 14.2 Å². The highest BCUT2D eigenvalue weighted by Gasteiger charge is 2.26. The van der Waals surface area contributed by atoms with Crippen molar-refractivity contribution in [3.8, 4) is 0 Å². The second-order valence-corrected chi connectivity index (χ2v) is 5.28. The molecule has 0 amide bonds. The largest absolute Gasteiger partial charge is 0.394 e. The fraction of sp³-hybridized carbons (Fsp3) is 0.273. The van der Waals surface area contributed by atoms with E-state index in [1.54, 1.807) is 0 Å². The van der Waals surface area contributed by atoms with Crippen LogP contribution >= 0.6 is 37.8 Å². The molecule has 1 rings (SSSR count). The van der Waals surface area contributed by atoms with Crippen LogP contribution in [0.2, 0.25) is 0 Å². The summed E-state index contributed by atoms with van der Waals surface area (Å²) in [5.74, 6) is -6.55. The Balaban J connectivity index is 0.00000484. The Labute approximate surface area is 146 Å². The van der Waals surface area contributed by atoms with E-state index in [9.17, 15) is 17.6 Å². The summed E-state index contributed by atoms with van der Waals surface area (Å²) in [4.78, 5) is 0. The van der Waals surface area contributed by atoms with Crippen LogP contribution in [0.4, 0.5) is 28.9 Å². The second-order valence-electron chi connectivity index (χ2n) is 3.65. The Kier molecular flexibility index (Phi) is 10.5. The first kappa shape index (κ1) is 22.2. The van der Waals surface area contributed by atoms with Gasteiger partial charge in [-0.05, 0) is 5.41 Å². The Bertz CT molecular complexity index is 511. The van der Waals surface area contributed by atoms with Crippen LogP contribution in [0.3, 0.4) is 0 Å². The maximum absolute atomic E-state index is 13.6. The predicted molar refractivity (Wildman–Crippen MR) is 89.9 cm³/mol. The average Bonchev–Trinajstić information content (AvgIpc) is 2.50. The minimum Gasteiger partial charge on any atom is -0.394 e. The van der Waals surface area contributed by atoms with Crippen molar-refractivity contribution in [2.45, 2.75) is 0 Å². The molecule has 1 aromatic rings. The van der Waals surface area contributed by atoms with E-state index in [2.05, 4.69) is 12.1 Å². The molecule has 0 aromatic heterocycles. The van der Waals surface area contributed by atoms with Crippen LogP contribution in [0.25, 0.3) is 0 Å². The molecule has 0 saturated carbocycles. The number of nitrogens with zero attached hydrogens (tertiary/aromatic N) is 1. The number of benzene rings is 1. The molecule has 12 heteroatoms. The smallest absolute Gasteiger partial charge is 0.188 e. The second kappa shape index (κ2) is 10.9. The lowest BCUT2D eigenvalue weighted by Gasteiger charge is -2.19. The molecule has 0 saturated heterocycles. The quantitative estimate of drug-likeness (QED) is 0.127. The summed E-state index contributed by atoms with van der Waals surface area (Å²) in [6.45, 7) is 3.96. The first-order valence-corrected chi connectivity index (χ1v) is 7.22. The van der Waals surface area contributed by atoms with E-state index in [-0.39, 0.29) is 26.6 Å². The maximum atomic E-state index is 13.6. The van der Waals surface area contributed by atoms with Crippen molar-refractivity contribution in [2.24, 2.45) is 0 Å². The van der Waals surface area contributed by atoms with Crippen LogP contribution in [0.1, 0.15) is 0 Å². The number of nitrogen functional groups attached to an aromatic ring is 1. The van der Waals surface area contributed by atoms with Crippen LogP contribution in [-0.2, 0) is 8.47 Å². The topological polar surface area (TPSA) is 59.8 Å². The van der Waals surface area contributed by atoms with E-state index in [1.807, 2.05) is 0 Å². The summed E-state index contributed by atoms with van der Waals surface area (Å²) in [6, 6.07) is 0. The standard InChI is InChI=1S/C11H13F4N3O2S2.H2S/c1-3-21-19-5-4-17-20-22-18(2)11-8(14)6(12)10(16)7(13)9(11)15;/h3,17H,1,4-5,16H2,2H3;1H2. The van der Waals surface area contributed by atoms with Gasteiger partial charge in [0.25, 0.3) is 0 Å². The van der Waals surface area contributed by atoms with Gasteiger partial charge in [0.05, 0.1) is 6.61 Å². The third-order valence-electron chi connectivity index (χ3n) is 2.22. The summed E-state index contributed by atoms with van der Waals surface area (Å²) in [5.41, 5.74) is 5.16. The van der Waals surface area contributed by atoms with Gasteiger partial charge >= 0.3 is 0 Å². The molecule has 0 spiro atoms. The zero-order valence-electron chi connectivity index (χ0n) is 11.9. The van der Waals surface area contributed by atoms with Gasteiger partial charge in [0.2, 0.25) is 0 Å². The lowest BCUT2D eigenvalue weighted by Crippen LogP contribution is -2.21. The molecular weight excluding hydrogens is 378 g/mol. The lowest BCUT2D eigenvalue weighted by molar-refractivity contribution is 0.211. The molecule has 0 aliphatic rings. The van der Waals surface area contributed by atoms with Gasteiger partial charge in [-0.25, -0.2) is 21.8 Å². The van der Waals surface area contributed by atoms with Crippen molar-refractivity contribution in [2.75, 3.05) is 30.2 Å². The first-order chi connectivity index (χ1) is 10.4. The summed E-state index contributed by atoms with van der Waals surface area (Å²) in [7, 11) is 1.16. The molecule has 0 bridgehead atoms. The van der Waals surface area contributed by atoms with Crippen molar-refractivity contribution in [3.05, 3.63) is 35.3 Å². The zero-order chi connectivity index (χ0) is 16.7. The van der Waals surface area contributed by atoms with Crippen molar-refractivity contribution in [1.29, 1.82) is 0 Å². The Morgan fingerprint density at radius 1 is 1.22 bits per heavy atom. The van der Waals surface area contributed by atoms with Crippen LogP contribution in [0.5, 0.6) is 0 Å². The van der Waals surface area contributed by atoms with Gasteiger partial charge in [0.15, 0.2) is 23.3 Å². The van der Waals surface area contributed by atoms with Crippen LogP contribution in [0, 0.1) is 23.3 Å². The predicted octanol–water partition coefficient (Wildman–Crippen LogP) is 3.27. The molecular formula is C11H15F4N3O2S3. The highest BCUT2D eigenvalue weighted by Crippen LogP contribution is 2.34. The van der Waals surface area contributed by atoms with Crippen molar-refractivity contribution < 1.29 is 26.0 Å². The van der Waals surface area contributed by atoms with Gasteiger partial charge in [-0.2, -0.15) is 19.0 Å². The SMILES string of the molecule is C=CSOCCNOSN(C)c1c(F)c(F)c(N)c(F)c1F.S. The highest BCUT2D eigenvalue weighted by molar-refractivity contribution is 7.97. The van der Waals surface area contributed by atoms with Gasteiger partial charge in [0, 0.05) is 25.6 Å². The normalized spacial score (nSPS) is 10.3. The molecule has 23 heavy (non-hydrogen) atoms. The summed E-state index contributed by atoms with van der Waals surface area (Å²) in [5, 5.41) is 1.49. The molecule has 132 valence electrons. The minimum atomic E-state index is -1.66. The number of rotatable bonds is 9. The number of halogens is 4. The molecule has 0 atom stereocenters. The summed E-state index contributed by atoms with van der Waals surface area (Å²) >= 11 is 1.46. The Hall–Kier alpha value is -0.790. The number of hydrogen-bond acceptors (Lipinski definition) is 7. The van der Waals surface area contributed by atoms with Crippen molar-refractivity contribution >= 4 is 49.1 Å². The van der Waals surface area contributed by atoms with Gasteiger partial charge in [-0.1, -0.05) is 6.58 Å². The van der Waals surface area contributed by atoms with Gasteiger partial charge in [0.1, 0.15) is 23.6 Å². The number of nitrogens with one attached hydrogen (secondary N) is 1. The Morgan fingerprint density at radius 2 is 1.78 bits per heavy atom. The van der Waals surface area contributed by atoms with Gasteiger partial charge in [-0.3, -0.25) is 4.31 Å². The molecule has 0 radical (unpaired) electrons. The summed E-state index contributed by atoms with van der Waals surface area (Å²) < 4.78 is 64.5. The third-order valence-corrected chi connectivity index (χ3v) is 3.26. The van der Waals surface area contributed by atoms with Crippen LogP contribution < -0.4 is 15.5 Å². The van der Waals surface area contributed by atoms with E-state index in [1.165, 1.54) is 5.41 Å². The fourth-order valence-corrected chi connectivity index (χ4v) is 2.01. The number of anilines is 2. The van der Waals surface area contributed by atoms with Crippen LogP contribution in [-0.4, -0.2) is 20.2 Å². The molecule has 3 N–H and O–H groups in total. The molecule has 0 unspecified atom stereocenters. The fourth-order valence-electron chi connectivity index (χ4n) is 1.25. The van der Waals surface area contributed by atoms with E-state index in [0.29, 0.717) is 12.2 Å². The number of hydrogen-bond donors (Lipinski definition) is 2.